The highest BCUT2D eigenvalue weighted by Gasteiger charge is 2.25. The van der Waals surface area contributed by atoms with Gasteiger partial charge < -0.3 is 9.64 Å². The Labute approximate surface area is 117 Å². The van der Waals surface area contributed by atoms with Crippen molar-refractivity contribution >= 4 is 5.91 Å². The number of carbonyl (C=O) groups is 1. The molecule has 1 saturated heterocycles. The molecule has 0 radical (unpaired) electrons. The van der Waals surface area contributed by atoms with Crippen LogP contribution in [0.4, 0.5) is 8.78 Å². The number of halogens is 2. The van der Waals surface area contributed by atoms with Gasteiger partial charge in [0.1, 0.15) is 5.82 Å². The first-order valence-corrected chi connectivity index (χ1v) is 6.99. The molecule has 0 saturated carbocycles. The summed E-state index contributed by atoms with van der Waals surface area (Å²) in [6.07, 6.45) is 4.05. The molecule has 1 fully saturated rings. The summed E-state index contributed by atoms with van der Waals surface area (Å²) < 4.78 is 31.3. The fraction of sp³-hybridized carbons (Fsp3) is 0.533. The van der Waals surface area contributed by atoms with Crippen LogP contribution in [0, 0.1) is 11.6 Å². The number of nitrogens with zero attached hydrogens (tertiary/aromatic N) is 1. The van der Waals surface area contributed by atoms with E-state index < -0.39 is 11.6 Å². The van der Waals surface area contributed by atoms with Crippen molar-refractivity contribution < 1.29 is 18.3 Å². The van der Waals surface area contributed by atoms with Gasteiger partial charge in [-0.05, 0) is 37.8 Å². The second-order valence-electron chi connectivity index (χ2n) is 5.01. The molecule has 1 aliphatic heterocycles. The summed E-state index contributed by atoms with van der Waals surface area (Å²) >= 11 is 0. The lowest BCUT2D eigenvalue weighted by Gasteiger charge is -2.35. The molecule has 0 aliphatic carbocycles. The first kappa shape index (κ1) is 14.8. The van der Waals surface area contributed by atoms with Gasteiger partial charge in [-0.1, -0.05) is 6.92 Å². The zero-order chi connectivity index (χ0) is 14.5. The second-order valence-corrected chi connectivity index (χ2v) is 5.01. The van der Waals surface area contributed by atoms with Crippen molar-refractivity contribution in [2.24, 2.45) is 0 Å². The van der Waals surface area contributed by atoms with E-state index in [0.717, 1.165) is 44.4 Å². The van der Waals surface area contributed by atoms with Crippen LogP contribution in [0.3, 0.4) is 0 Å². The molecule has 1 aromatic carbocycles. The van der Waals surface area contributed by atoms with Gasteiger partial charge in [-0.2, -0.15) is 0 Å². The van der Waals surface area contributed by atoms with Gasteiger partial charge >= 0.3 is 0 Å². The third kappa shape index (κ3) is 3.46. The Morgan fingerprint density at radius 2 is 2.20 bits per heavy atom. The normalized spacial score (nSPS) is 18.9. The summed E-state index contributed by atoms with van der Waals surface area (Å²) in [5, 5.41) is 0. The molecule has 1 atom stereocenters. The van der Waals surface area contributed by atoms with Gasteiger partial charge in [0.15, 0.2) is 18.2 Å². The van der Waals surface area contributed by atoms with E-state index in [1.54, 1.807) is 0 Å². The average molecular weight is 283 g/mol. The van der Waals surface area contributed by atoms with Crippen molar-refractivity contribution in [3.8, 4) is 5.75 Å². The van der Waals surface area contributed by atoms with E-state index in [4.69, 9.17) is 4.74 Å². The molecule has 20 heavy (non-hydrogen) atoms. The maximum atomic E-state index is 13.4. The van der Waals surface area contributed by atoms with Crippen LogP contribution in [0.2, 0.25) is 0 Å². The van der Waals surface area contributed by atoms with Gasteiger partial charge in [-0.25, -0.2) is 8.78 Å². The SMILES string of the molecule is CCC1CCCCN1C(=O)COc1ccc(F)cc1F. The molecular weight excluding hydrogens is 264 g/mol. The average Bonchev–Trinajstić information content (AvgIpc) is 2.46. The number of amides is 1. The Kier molecular flexibility index (Phi) is 4.93. The number of ether oxygens (including phenoxy) is 1. The molecule has 0 spiro atoms. The van der Waals surface area contributed by atoms with E-state index >= 15 is 0 Å². The standard InChI is InChI=1S/C15H19F2NO2/c1-2-12-5-3-4-8-18(12)15(19)10-20-14-7-6-11(16)9-13(14)17/h6-7,9,12H,2-5,8,10H2,1H3. The lowest BCUT2D eigenvalue weighted by atomic mass is 10.00. The van der Waals surface area contributed by atoms with Gasteiger partial charge in [0.05, 0.1) is 0 Å². The number of rotatable bonds is 4. The van der Waals surface area contributed by atoms with E-state index in [0.29, 0.717) is 0 Å². The van der Waals surface area contributed by atoms with Crippen molar-refractivity contribution in [2.75, 3.05) is 13.2 Å². The highest BCUT2D eigenvalue weighted by molar-refractivity contribution is 5.78. The van der Waals surface area contributed by atoms with Crippen LogP contribution in [-0.2, 0) is 4.79 Å². The monoisotopic (exact) mass is 283 g/mol. The fourth-order valence-corrected chi connectivity index (χ4v) is 2.57. The summed E-state index contributed by atoms with van der Waals surface area (Å²) in [6.45, 7) is 2.57. The van der Waals surface area contributed by atoms with Crippen LogP contribution in [-0.4, -0.2) is 30.0 Å². The highest BCUT2D eigenvalue weighted by Crippen LogP contribution is 2.21. The van der Waals surface area contributed by atoms with Crippen molar-refractivity contribution in [1.82, 2.24) is 4.90 Å². The number of likely N-dealkylation sites (tertiary alicyclic amines) is 1. The fourth-order valence-electron chi connectivity index (χ4n) is 2.57. The quantitative estimate of drug-likeness (QED) is 0.849. The molecule has 0 N–H and O–H groups in total. The van der Waals surface area contributed by atoms with E-state index in [9.17, 15) is 13.6 Å². The number of piperidine rings is 1. The van der Waals surface area contributed by atoms with Crippen molar-refractivity contribution in [3.05, 3.63) is 29.8 Å². The molecule has 1 amide bonds. The van der Waals surface area contributed by atoms with Gasteiger partial charge in [-0.3, -0.25) is 4.79 Å². The Morgan fingerprint density at radius 1 is 1.40 bits per heavy atom. The minimum absolute atomic E-state index is 0.0928. The molecule has 1 aromatic rings. The van der Waals surface area contributed by atoms with Gasteiger partial charge in [0.25, 0.3) is 5.91 Å². The first-order valence-electron chi connectivity index (χ1n) is 6.99. The third-order valence-electron chi connectivity index (χ3n) is 3.66. The van der Waals surface area contributed by atoms with E-state index in [-0.39, 0.29) is 24.3 Å². The summed E-state index contributed by atoms with van der Waals surface area (Å²) in [5.74, 6) is -1.68. The Balaban J connectivity index is 1.94. The smallest absolute Gasteiger partial charge is 0.260 e. The maximum absolute atomic E-state index is 13.4. The molecule has 1 unspecified atom stereocenters. The van der Waals surface area contributed by atoms with Crippen LogP contribution in [0.1, 0.15) is 32.6 Å². The summed E-state index contributed by atoms with van der Waals surface area (Å²) in [5.41, 5.74) is 0. The maximum Gasteiger partial charge on any atom is 0.260 e. The predicted molar refractivity (Wildman–Crippen MR) is 71.5 cm³/mol. The number of hydrogen-bond acceptors (Lipinski definition) is 2. The number of carbonyl (C=O) groups excluding carboxylic acids is 1. The molecule has 5 heteroatoms. The minimum atomic E-state index is -0.788. The van der Waals surface area contributed by atoms with Crippen LogP contribution in [0.15, 0.2) is 18.2 Å². The summed E-state index contributed by atoms with van der Waals surface area (Å²) in [4.78, 5) is 13.9. The third-order valence-corrected chi connectivity index (χ3v) is 3.66. The minimum Gasteiger partial charge on any atom is -0.481 e. The molecule has 1 aliphatic rings. The molecule has 0 aromatic heterocycles. The number of benzene rings is 1. The van der Waals surface area contributed by atoms with E-state index in [1.807, 2.05) is 4.90 Å². The van der Waals surface area contributed by atoms with Crippen molar-refractivity contribution in [3.63, 3.8) is 0 Å². The van der Waals surface area contributed by atoms with Crippen molar-refractivity contribution in [2.45, 2.75) is 38.6 Å². The zero-order valence-corrected chi connectivity index (χ0v) is 11.6. The predicted octanol–water partition coefficient (Wildman–Crippen LogP) is 3.13. The summed E-state index contributed by atoms with van der Waals surface area (Å²) in [7, 11) is 0. The largest absolute Gasteiger partial charge is 0.481 e. The lowest BCUT2D eigenvalue weighted by Crippen LogP contribution is -2.45. The topological polar surface area (TPSA) is 29.5 Å². The second kappa shape index (κ2) is 6.68. The first-order chi connectivity index (χ1) is 9.61. The zero-order valence-electron chi connectivity index (χ0n) is 11.6. The van der Waals surface area contributed by atoms with Gasteiger partial charge in [0.2, 0.25) is 0 Å². The Morgan fingerprint density at radius 3 is 2.90 bits per heavy atom. The lowest BCUT2D eigenvalue weighted by molar-refractivity contribution is -0.137. The van der Waals surface area contributed by atoms with Crippen LogP contribution in [0.25, 0.3) is 0 Å². The molecular formula is C15H19F2NO2. The van der Waals surface area contributed by atoms with E-state index in [2.05, 4.69) is 6.92 Å². The Hall–Kier alpha value is -1.65. The molecule has 1 heterocycles. The van der Waals surface area contributed by atoms with Gasteiger partial charge in [0, 0.05) is 18.7 Å². The highest BCUT2D eigenvalue weighted by atomic mass is 19.1. The molecule has 2 rings (SSSR count). The van der Waals surface area contributed by atoms with Crippen LogP contribution in [0.5, 0.6) is 5.75 Å². The molecule has 110 valence electrons. The van der Waals surface area contributed by atoms with E-state index in [1.165, 1.54) is 6.07 Å². The Bertz CT molecular complexity index is 479. The number of hydrogen-bond donors (Lipinski definition) is 0. The summed E-state index contributed by atoms with van der Waals surface area (Å²) in [6, 6.07) is 3.30. The van der Waals surface area contributed by atoms with Gasteiger partial charge in [-0.15, -0.1) is 0 Å². The van der Waals surface area contributed by atoms with Crippen LogP contribution < -0.4 is 4.74 Å². The van der Waals surface area contributed by atoms with Crippen molar-refractivity contribution in [1.29, 1.82) is 0 Å². The molecule has 3 nitrogen and oxygen atoms in total. The molecule has 0 bridgehead atoms. The van der Waals surface area contributed by atoms with Crippen LogP contribution >= 0.6 is 0 Å².